The number of amides is 2. The Morgan fingerprint density at radius 3 is 2.50 bits per heavy atom. The molecule has 2 rings (SSSR count). The molecule has 5 nitrogen and oxygen atoms in total. The third-order valence-corrected chi connectivity index (χ3v) is 5.22. The van der Waals surface area contributed by atoms with Gasteiger partial charge in [0.05, 0.1) is 0 Å². The monoisotopic (exact) mass is 392 g/mol. The van der Waals surface area contributed by atoms with Gasteiger partial charge in [-0.2, -0.15) is 11.8 Å². The summed E-state index contributed by atoms with van der Waals surface area (Å²) in [6.45, 7) is 6.03. The normalized spacial score (nSPS) is 11.0. The zero-order valence-corrected chi connectivity index (χ0v) is 16.8. The maximum absolute atomic E-state index is 12.1. The fourth-order valence-corrected chi connectivity index (χ4v) is 3.73. The second kappa shape index (κ2) is 9.64. The summed E-state index contributed by atoms with van der Waals surface area (Å²) in [5, 5.41) is 7.61. The fourth-order valence-electron chi connectivity index (χ4n) is 2.03. The van der Waals surface area contributed by atoms with Crippen molar-refractivity contribution >= 4 is 40.8 Å². The van der Waals surface area contributed by atoms with Crippen LogP contribution in [0.25, 0.3) is 0 Å². The number of rotatable bonds is 7. The van der Waals surface area contributed by atoms with E-state index in [2.05, 4.69) is 22.1 Å². The molecule has 0 radical (unpaired) electrons. The molecule has 0 fully saturated rings. The molecule has 7 heteroatoms. The van der Waals surface area contributed by atoms with Gasteiger partial charge in [-0.15, -0.1) is 11.3 Å². The van der Waals surface area contributed by atoms with Crippen molar-refractivity contribution in [2.45, 2.75) is 32.1 Å². The van der Waals surface area contributed by atoms with Crippen LogP contribution in [0.4, 0.5) is 10.5 Å². The van der Waals surface area contributed by atoms with E-state index in [0.29, 0.717) is 17.8 Å². The molecule has 0 aliphatic carbocycles. The largest absolute Gasteiger partial charge is 0.444 e. The Kier molecular flexibility index (Phi) is 7.53. The van der Waals surface area contributed by atoms with Crippen LogP contribution in [-0.4, -0.2) is 29.9 Å². The highest BCUT2D eigenvalue weighted by molar-refractivity contribution is 7.98. The van der Waals surface area contributed by atoms with E-state index in [4.69, 9.17) is 4.74 Å². The minimum absolute atomic E-state index is 0.120. The van der Waals surface area contributed by atoms with Gasteiger partial charge >= 0.3 is 6.09 Å². The van der Waals surface area contributed by atoms with E-state index in [1.165, 1.54) is 4.88 Å². The smallest absolute Gasteiger partial charge is 0.412 e. The van der Waals surface area contributed by atoms with Gasteiger partial charge in [0, 0.05) is 34.2 Å². The lowest BCUT2D eigenvalue weighted by Crippen LogP contribution is -2.27. The number of thiophene rings is 1. The van der Waals surface area contributed by atoms with Gasteiger partial charge < -0.3 is 10.1 Å². The molecule has 0 saturated heterocycles. The van der Waals surface area contributed by atoms with Crippen LogP contribution in [0.3, 0.4) is 0 Å². The molecule has 2 amide bonds. The Morgan fingerprint density at radius 2 is 1.88 bits per heavy atom. The van der Waals surface area contributed by atoms with Gasteiger partial charge in [0.25, 0.3) is 5.91 Å². The van der Waals surface area contributed by atoms with E-state index in [1.54, 1.807) is 68.1 Å². The van der Waals surface area contributed by atoms with E-state index >= 15 is 0 Å². The van der Waals surface area contributed by atoms with Crippen LogP contribution < -0.4 is 10.6 Å². The molecule has 2 aromatic rings. The van der Waals surface area contributed by atoms with Crippen LogP contribution in [0.5, 0.6) is 0 Å². The molecule has 0 aliphatic heterocycles. The first-order valence-corrected chi connectivity index (χ1v) is 10.4. The fraction of sp³-hybridized carbons (Fsp3) is 0.368. The zero-order chi connectivity index (χ0) is 19.0. The van der Waals surface area contributed by atoms with Crippen molar-refractivity contribution < 1.29 is 14.3 Å². The molecule has 2 N–H and O–H groups in total. The number of benzene rings is 1. The van der Waals surface area contributed by atoms with Crippen molar-refractivity contribution in [3.8, 4) is 0 Å². The third kappa shape index (κ3) is 7.49. The predicted octanol–water partition coefficient (Wildman–Crippen LogP) is 4.76. The van der Waals surface area contributed by atoms with Crippen molar-refractivity contribution in [2.24, 2.45) is 0 Å². The number of hydrogen-bond donors (Lipinski definition) is 2. The summed E-state index contributed by atoms with van der Waals surface area (Å²) in [5.41, 5.74) is 0.594. The van der Waals surface area contributed by atoms with E-state index in [1.807, 2.05) is 6.07 Å². The molecular formula is C19H24N2O3S2. The van der Waals surface area contributed by atoms with Crippen LogP contribution in [-0.2, 0) is 10.5 Å². The molecule has 0 saturated carbocycles. The van der Waals surface area contributed by atoms with Crippen molar-refractivity contribution in [3.05, 3.63) is 52.2 Å². The van der Waals surface area contributed by atoms with Gasteiger partial charge in [0.1, 0.15) is 5.60 Å². The number of thioether (sulfide) groups is 1. The molecule has 1 aromatic heterocycles. The molecule has 1 heterocycles. The van der Waals surface area contributed by atoms with Gasteiger partial charge in [-0.3, -0.25) is 10.1 Å². The lowest BCUT2D eigenvalue weighted by molar-refractivity contribution is 0.0635. The van der Waals surface area contributed by atoms with Crippen LogP contribution >= 0.6 is 23.1 Å². The number of hydrogen-bond acceptors (Lipinski definition) is 5. The van der Waals surface area contributed by atoms with Gasteiger partial charge in [0.2, 0.25) is 0 Å². The van der Waals surface area contributed by atoms with Gasteiger partial charge in [0.15, 0.2) is 0 Å². The molecule has 0 spiro atoms. The average molecular weight is 393 g/mol. The maximum Gasteiger partial charge on any atom is 0.412 e. The first-order chi connectivity index (χ1) is 12.3. The minimum atomic E-state index is -0.550. The Bertz CT molecular complexity index is 707. The summed E-state index contributed by atoms with van der Waals surface area (Å²) < 4.78 is 5.19. The van der Waals surface area contributed by atoms with Crippen LogP contribution in [0.2, 0.25) is 0 Å². The number of anilines is 1. The van der Waals surface area contributed by atoms with Gasteiger partial charge in [-0.25, -0.2) is 4.79 Å². The topological polar surface area (TPSA) is 67.4 Å². The Hall–Kier alpha value is -1.99. The minimum Gasteiger partial charge on any atom is -0.444 e. The van der Waals surface area contributed by atoms with E-state index < -0.39 is 11.7 Å². The second-order valence-electron chi connectivity index (χ2n) is 6.59. The highest BCUT2D eigenvalue weighted by Crippen LogP contribution is 2.16. The number of nitrogens with one attached hydrogen (secondary N) is 2. The summed E-state index contributed by atoms with van der Waals surface area (Å²) in [6.07, 6.45) is -0.516. The van der Waals surface area contributed by atoms with Gasteiger partial charge in [-0.05, 0) is 56.5 Å². The lowest BCUT2D eigenvalue weighted by Gasteiger charge is -2.19. The first-order valence-electron chi connectivity index (χ1n) is 8.32. The predicted molar refractivity (Wildman–Crippen MR) is 109 cm³/mol. The van der Waals surface area contributed by atoms with Crippen molar-refractivity contribution in [1.29, 1.82) is 0 Å². The number of carbonyl (C=O) groups is 2. The summed E-state index contributed by atoms with van der Waals surface area (Å²) >= 11 is 3.54. The highest BCUT2D eigenvalue weighted by Gasteiger charge is 2.16. The zero-order valence-electron chi connectivity index (χ0n) is 15.2. The molecule has 0 bridgehead atoms. The molecule has 1 aromatic carbocycles. The Balaban J connectivity index is 1.71. The van der Waals surface area contributed by atoms with E-state index in [9.17, 15) is 9.59 Å². The van der Waals surface area contributed by atoms with E-state index in [0.717, 1.165) is 11.5 Å². The standard InChI is InChI=1S/C19H24N2O3S2/c1-19(2,3)24-18(23)21-15-8-6-14(7-9-15)17(22)20-10-12-25-13-16-5-4-11-26-16/h4-9,11H,10,12-13H2,1-3H3,(H,20,22)(H,21,23). The molecule has 140 valence electrons. The SMILES string of the molecule is CC(C)(C)OC(=O)Nc1ccc(C(=O)NCCSCc2cccs2)cc1. The summed E-state index contributed by atoms with van der Waals surface area (Å²) in [7, 11) is 0. The molecule has 0 unspecified atom stereocenters. The summed E-state index contributed by atoms with van der Waals surface area (Å²) in [6, 6.07) is 10.9. The summed E-state index contributed by atoms with van der Waals surface area (Å²) in [5.74, 6) is 1.71. The molecule has 0 atom stereocenters. The van der Waals surface area contributed by atoms with Crippen molar-refractivity contribution in [2.75, 3.05) is 17.6 Å². The lowest BCUT2D eigenvalue weighted by atomic mass is 10.2. The van der Waals surface area contributed by atoms with Crippen molar-refractivity contribution in [1.82, 2.24) is 5.32 Å². The number of ether oxygens (including phenoxy) is 1. The molecular weight excluding hydrogens is 368 g/mol. The van der Waals surface area contributed by atoms with Crippen LogP contribution in [0, 0.1) is 0 Å². The van der Waals surface area contributed by atoms with Crippen molar-refractivity contribution in [3.63, 3.8) is 0 Å². The first kappa shape index (κ1) is 20.3. The van der Waals surface area contributed by atoms with E-state index in [-0.39, 0.29) is 5.91 Å². The highest BCUT2D eigenvalue weighted by atomic mass is 32.2. The quantitative estimate of drug-likeness (QED) is 0.667. The maximum atomic E-state index is 12.1. The van der Waals surface area contributed by atoms with Crippen LogP contribution in [0.15, 0.2) is 41.8 Å². The number of carbonyl (C=O) groups excluding carboxylic acids is 2. The molecule has 26 heavy (non-hydrogen) atoms. The average Bonchev–Trinajstić information content (AvgIpc) is 3.06. The second-order valence-corrected chi connectivity index (χ2v) is 8.73. The molecule has 0 aliphatic rings. The summed E-state index contributed by atoms with van der Waals surface area (Å²) in [4.78, 5) is 25.2. The Morgan fingerprint density at radius 1 is 1.15 bits per heavy atom. The van der Waals surface area contributed by atoms with Crippen LogP contribution in [0.1, 0.15) is 36.0 Å². The Labute approximate surface area is 162 Å². The third-order valence-electron chi connectivity index (χ3n) is 3.15. The van der Waals surface area contributed by atoms with Gasteiger partial charge in [-0.1, -0.05) is 6.07 Å².